The van der Waals surface area contributed by atoms with Gasteiger partial charge >= 0.3 is 0 Å². The Morgan fingerprint density at radius 3 is 2.44 bits per heavy atom. The minimum atomic E-state index is -0.308. The van der Waals surface area contributed by atoms with Gasteiger partial charge in [-0.2, -0.15) is 0 Å². The van der Waals surface area contributed by atoms with Gasteiger partial charge in [0.15, 0.2) is 11.5 Å². The van der Waals surface area contributed by atoms with E-state index in [0.717, 1.165) is 37.2 Å². The van der Waals surface area contributed by atoms with E-state index in [1.165, 1.54) is 0 Å². The van der Waals surface area contributed by atoms with Crippen molar-refractivity contribution in [3.8, 4) is 11.5 Å². The van der Waals surface area contributed by atoms with Gasteiger partial charge in [0.25, 0.3) is 11.8 Å². The number of carbonyl (C=O) groups excluding carboxylic acids is 3. The van der Waals surface area contributed by atoms with Crippen LogP contribution in [-0.2, 0) is 11.2 Å². The van der Waals surface area contributed by atoms with E-state index < -0.39 is 0 Å². The van der Waals surface area contributed by atoms with Crippen LogP contribution in [0.5, 0.6) is 11.5 Å². The minimum absolute atomic E-state index is 0.0534. The summed E-state index contributed by atoms with van der Waals surface area (Å²) in [4.78, 5) is 46.0. The monoisotopic (exact) mass is 583 g/mol. The first-order chi connectivity index (χ1) is 21.0. The first-order valence-corrected chi connectivity index (χ1v) is 15.0. The van der Waals surface area contributed by atoms with Crippen molar-refractivity contribution in [1.29, 1.82) is 0 Å². The van der Waals surface area contributed by atoms with Gasteiger partial charge < -0.3 is 34.8 Å². The molecule has 0 atom stereocenters. The number of hydrogen-bond donors (Lipinski definition) is 2. The number of hydrogen-bond acceptors (Lipinski definition) is 7. The number of ether oxygens (including phenoxy) is 2. The molecule has 6 rings (SSSR count). The second kappa shape index (κ2) is 13.2. The highest BCUT2D eigenvalue weighted by atomic mass is 16.7. The van der Waals surface area contributed by atoms with E-state index in [1.54, 1.807) is 24.3 Å². The van der Waals surface area contributed by atoms with E-state index in [1.807, 2.05) is 52.3 Å². The highest BCUT2D eigenvalue weighted by Crippen LogP contribution is 2.34. The van der Waals surface area contributed by atoms with Gasteiger partial charge in [0, 0.05) is 56.9 Å². The van der Waals surface area contributed by atoms with Crippen molar-refractivity contribution in [3.05, 3.63) is 83.4 Å². The van der Waals surface area contributed by atoms with Gasteiger partial charge in [0.1, 0.15) is 0 Å². The van der Waals surface area contributed by atoms with Gasteiger partial charge in [-0.05, 0) is 61.3 Å². The third-order valence-corrected chi connectivity index (χ3v) is 8.14. The number of nitrogens with zero attached hydrogens (tertiary/aromatic N) is 3. The zero-order chi connectivity index (χ0) is 29.6. The molecule has 0 spiro atoms. The number of fused-ring (bicyclic) bond motifs is 1. The van der Waals surface area contributed by atoms with Gasteiger partial charge in [0.2, 0.25) is 12.7 Å². The lowest BCUT2D eigenvalue weighted by Crippen LogP contribution is -2.36. The Labute approximate surface area is 251 Å². The molecule has 10 heteroatoms. The van der Waals surface area contributed by atoms with E-state index in [9.17, 15) is 14.4 Å². The Kier molecular flexibility index (Phi) is 8.74. The van der Waals surface area contributed by atoms with Gasteiger partial charge in [-0.25, -0.2) is 0 Å². The van der Waals surface area contributed by atoms with Crippen LogP contribution in [0.4, 0.5) is 11.4 Å². The predicted octanol–water partition coefficient (Wildman–Crippen LogP) is 3.38. The number of amides is 3. The van der Waals surface area contributed by atoms with Crippen LogP contribution in [0.2, 0.25) is 0 Å². The Bertz CT molecular complexity index is 1470. The van der Waals surface area contributed by atoms with Crippen molar-refractivity contribution in [2.24, 2.45) is 0 Å². The Hall–Kier alpha value is -4.57. The number of carbonyl (C=O) groups is 3. The van der Waals surface area contributed by atoms with Gasteiger partial charge in [-0.15, -0.1) is 0 Å². The molecule has 3 aromatic carbocycles. The molecule has 224 valence electrons. The molecule has 3 heterocycles. The summed E-state index contributed by atoms with van der Waals surface area (Å²) in [6, 6.07) is 20.4. The molecule has 3 aliphatic rings. The molecule has 0 unspecified atom stereocenters. The molecule has 0 radical (unpaired) electrons. The van der Waals surface area contributed by atoms with Crippen molar-refractivity contribution in [2.45, 2.75) is 19.3 Å². The summed E-state index contributed by atoms with van der Waals surface area (Å²) < 4.78 is 10.9. The molecule has 43 heavy (non-hydrogen) atoms. The van der Waals surface area contributed by atoms with Crippen molar-refractivity contribution in [1.82, 2.24) is 15.1 Å². The van der Waals surface area contributed by atoms with Crippen molar-refractivity contribution >= 4 is 29.1 Å². The predicted molar refractivity (Wildman–Crippen MR) is 164 cm³/mol. The molecular formula is C33H37N5O5. The van der Waals surface area contributed by atoms with Crippen LogP contribution >= 0.6 is 0 Å². The minimum Gasteiger partial charge on any atom is -0.454 e. The van der Waals surface area contributed by atoms with Gasteiger partial charge in [0.05, 0.1) is 17.8 Å². The van der Waals surface area contributed by atoms with Crippen LogP contribution in [0.25, 0.3) is 0 Å². The summed E-state index contributed by atoms with van der Waals surface area (Å²) in [7, 11) is 0. The standard InChI is InChI=1S/C33H37N5O5/c39-31(20-24-6-2-1-3-7-24)37-16-5-15-36(18-19-37)28-10-8-26(33(41)38-14-4-12-34-13-17-38)21-27(28)35-32(40)25-9-11-29-30(22-25)43-23-42-29/h1-3,6-11,21-22,34H,4-5,12-20,23H2,(H,35,40). The quantitative estimate of drug-likeness (QED) is 0.459. The topological polar surface area (TPSA) is 103 Å². The van der Waals surface area contributed by atoms with E-state index in [-0.39, 0.29) is 24.5 Å². The van der Waals surface area contributed by atoms with Gasteiger partial charge in [-0.3, -0.25) is 14.4 Å². The molecule has 3 aliphatic heterocycles. The Morgan fingerprint density at radius 2 is 1.56 bits per heavy atom. The summed E-state index contributed by atoms with van der Waals surface area (Å²) in [5, 5.41) is 6.41. The summed E-state index contributed by atoms with van der Waals surface area (Å²) in [6.07, 6.45) is 2.06. The first-order valence-electron chi connectivity index (χ1n) is 15.0. The van der Waals surface area contributed by atoms with Crippen LogP contribution in [0.1, 0.15) is 39.1 Å². The third-order valence-electron chi connectivity index (χ3n) is 8.14. The molecule has 10 nitrogen and oxygen atoms in total. The third kappa shape index (κ3) is 6.75. The van der Waals surface area contributed by atoms with Crippen molar-refractivity contribution in [3.63, 3.8) is 0 Å². The average molecular weight is 584 g/mol. The first kappa shape index (κ1) is 28.5. The maximum Gasteiger partial charge on any atom is 0.255 e. The molecule has 0 bridgehead atoms. The number of nitrogens with one attached hydrogen (secondary N) is 2. The molecule has 2 saturated heterocycles. The van der Waals surface area contributed by atoms with Crippen LogP contribution < -0.4 is 25.0 Å². The molecule has 0 aromatic heterocycles. The fourth-order valence-electron chi connectivity index (χ4n) is 5.80. The second-order valence-corrected chi connectivity index (χ2v) is 11.0. The van der Waals surface area contributed by atoms with E-state index in [4.69, 9.17) is 9.47 Å². The van der Waals surface area contributed by atoms with Crippen LogP contribution in [0.3, 0.4) is 0 Å². The summed E-state index contributed by atoms with van der Waals surface area (Å²) in [5.41, 5.74) is 3.34. The van der Waals surface area contributed by atoms with Crippen molar-refractivity contribution < 1.29 is 23.9 Å². The molecular weight excluding hydrogens is 546 g/mol. The summed E-state index contributed by atoms with van der Waals surface area (Å²) >= 11 is 0. The van der Waals surface area contributed by atoms with E-state index in [2.05, 4.69) is 15.5 Å². The highest BCUT2D eigenvalue weighted by molar-refractivity contribution is 6.07. The van der Waals surface area contributed by atoms with E-state index in [0.29, 0.717) is 74.0 Å². The molecule has 3 aromatic rings. The zero-order valence-corrected chi connectivity index (χ0v) is 24.2. The molecule has 2 N–H and O–H groups in total. The maximum absolute atomic E-state index is 13.5. The van der Waals surface area contributed by atoms with Crippen LogP contribution in [-0.4, -0.2) is 86.7 Å². The number of rotatable bonds is 6. The second-order valence-electron chi connectivity index (χ2n) is 11.0. The Morgan fingerprint density at radius 1 is 0.744 bits per heavy atom. The normalized spacial score (nSPS) is 16.8. The maximum atomic E-state index is 13.5. The molecule has 2 fully saturated rings. The molecule has 0 aliphatic carbocycles. The number of benzene rings is 3. The SMILES string of the molecule is O=C(Nc1cc(C(=O)N2CCCNCC2)ccc1N1CCCN(C(=O)Cc2ccccc2)CC1)c1ccc2c(c1)OCO2. The largest absolute Gasteiger partial charge is 0.454 e. The lowest BCUT2D eigenvalue weighted by molar-refractivity contribution is -0.130. The molecule has 0 saturated carbocycles. The number of anilines is 2. The lowest BCUT2D eigenvalue weighted by Gasteiger charge is -2.27. The van der Waals surface area contributed by atoms with Crippen LogP contribution in [0, 0.1) is 0 Å². The summed E-state index contributed by atoms with van der Waals surface area (Å²) in [6.45, 7) is 5.66. The van der Waals surface area contributed by atoms with E-state index >= 15 is 0 Å². The average Bonchev–Trinajstić information content (AvgIpc) is 3.19. The smallest absolute Gasteiger partial charge is 0.255 e. The Balaban J connectivity index is 1.23. The van der Waals surface area contributed by atoms with Crippen LogP contribution in [0.15, 0.2) is 66.7 Å². The fourth-order valence-corrected chi connectivity index (χ4v) is 5.80. The fraction of sp³-hybridized carbons (Fsp3) is 0.364. The summed E-state index contributed by atoms with van der Waals surface area (Å²) in [5.74, 6) is 0.879. The van der Waals surface area contributed by atoms with Gasteiger partial charge in [-0.1, -0.05) is 30.3 Å². The molecule has 3 amide bonds. The highest BCUT2D eigenvalue weighted by Gasteiger charge is 2.25. The lowest BCUT2D eigenvalue weighted by atomic mass is 10.1. The van der Waals surface area contributed by atoms with Crippen molar-refractivity contribution in [2.75, 3.05) is 69.4 Å². The zero-order valence-electron chi connectivity index (χ0n) is 24.2.